The minimum absolute atomic E-state index is 0.0282. The summed E-state index contributed by atoms with van der Waals surface area (Å²) in [6.07, 6.45) is 0.798. The maximum atomic E-state index is 12.3. The van der Waals surface area contributed by atoms with Crippen LogP contribution < -0.4 is 11.1 Å². The Labute approximate surface area is 112 Å². The molecule has 1 fully saturated rings. The van der Waals surface area contributed by atoms with E-state index in [2.05, 4.69) is 5.32 Å². The van der Waals surface area contributed by atoms with Crippen LogP contribution in [0.5, 0.6) is 0 Å². The van der Waals surface area contributed by atoms with Crippen molar-refractivity contribution in [3.05, 3.63) is 29.3 Å². The number of nitrogens with two attached hydrogens (primary N) is 1. The number of benzene rings is 1. The van der Waals surface area contributed by atoms with Gasteiger partial charge in [0.15, 0.2) is 0 Å². The van der Waals surface area contributed by atoms with Crippen molar-refractivity contribution >= 4 is 17.5 Å². The molecule has 1 aromatic rings. The van der Waals surface area contributed by atoms with Gasteiger partial charge in [0.1, 0.15) is 0 Å². The maximum absolute atomic E-state index is 12.3. The molecule has 1 unspecified atom stereocenters. The lowest BCUT2D eigenvalue weighted by Crippen LogP contribution is -2.37. The molecule has 1 heterocycles. The molecule has 5 heteroatoms. The van der Waals surface area contributed by atoms with Gasteiger partial charge in [0.05, 0.1) is 0 Å². The molecule has 2 rings (SSSR count). The highest BCUT2D eigenvalue weighted by atomic mass is 16.2. The molecule has 1 aliphatic heterocycles. The van der Waals surface area contributed by atoms with E-state index in [1.54, 1.807) is 17.0 Å². The van der Waals surface area contributed by atoms with Crippen LogP contribution in [0.2, 0.25) is 0 Å². The molecule has 1 saturated heterocycles. The largest absolute Gasteiger partial charge is 0.398 e. The first kappa shape index (κ1) is 13.4. The predicted molar refractivity (Wildman–Crippen MR) is 73.7 cm³/mol. The van der Waals surface area contributed by atoms with Gasteiger partial charge in [-0.2, -0.15) is 0 Å². The second kappa shape index (κ2) is 5.30. The van der Waals surface area contributed by atoms with Gasteiger partial charge in [-0.05, 0) is 31.0 Å². The molecule has 1 aliphatic rings. The zero-order valence-electron chi connectivity index (χ0n) is 11.3. The Kier molecular flexibility index (Phi) is 3.74. The standard InChI is InChI=1S/C14H19N3O2/c1-9-3-4-11(7-13(9)15)14(19)17-6-5-12(8-17)16-10(2)18/h3-4,7,12H,5-6,8,15H2,1-2H3,(H,16,18). The summed E-state index contributed by atoms with van der Waals surface area (Å²) >= 11 is 0. The molecule has 0 spiro atoms. The van der Waals surface area contributed by atoms with E-state index in [0.29, 0.717) is 24.3 Å². The quantitative estimate of drug-likeness (QED) is 0.778. The van der Waals surface area contributed by atoms with Crippen LogP contribution in [-0.2, 0) is 4.79 Å². The van der Waals surface area contributed by atoms with E-state index in [9.17, 15) is 9.59 Å². The average Bonchev–Trinajstić information content (AvgIpc) is 2.79. The molecule has 0 saturated carbocycles. The van der Waals surface area contributed by atoms with Gasteiger partial charge in [-0.1, -0.05) is 6.07 Å². The second-order valence-corrected chi connectivity index (χ2v) is 5.01. The third-order valence-electron chi connectivity index (χ3n) is 3.41. The Morgan fingerprint density at radius 2 is 2.16 bits per heavy atom. The Bertz CT molecular complexity index is 513. The maximum Gasteiger partial charge on any atom is 0.254 e. The zero-order chi connectivity index (χ0) is 14.0. The highest BCUT2D eigenvalue weighted by Gasteiger charge is 2.27. The van der Waals surface area contributed by atoms with Crippen molar-refractivity contribution in [3.63, 3.8) is 0 Å². The van der Waals surface area contributed by atoms with E-state index < -0.39 is 0 Å². The van der Waals surface area contributed by atoms with E-state index in [1.807, 2.05) is 13.0 Å². The van der Waals surface area contributed by atoms with Crippen LogP contribution in [0.15, 0.2) is 18.2 Å². The fourth-order valence-electron chi connectivity index (χ4n) is 2.31. The van der Waals surface area contributed by atoms with Gasteiger partial charge < -0.3 is 16.0 Å². The van der Waals surface area contributed by atoms with Gasteiger partial charge in [0.2, 0.25) is 5.91 Å². The second-order valence-electron chi connectivity index (χ2n) is 5.01. The number of aryl methyl sites for hydroxylation is 1. The molecule has 5 nitrogen and oxygen atoms in total. The van der Waals surface area contributed by atoms with Crippen LogP contribution in [-0.4, -0.2) is 35.8 Å². The molecular formula is C14H19N3O2. The van der Waals surface area contributed by atoms with Crippen molar-refractivity contribution < 1.29 is 9.59 Å². The number of rotatable bonds is 2. The Balaban J connectivity index is 2.04. The van der Waals surface area contributed by atoms with Crippen molar-refractivity contribution in [1.29, 1.82) is 0 Å². The lowest BCUT2D eigenvalue weighted by Gasteiger charge is -2.17. The molecular weight excluding hydrogens is 242 g/mol. The third kappa shape index (κ3) is 3.05. The van der Waals surface area contributed by atoms with Crippen LogP contribution in [0.3, 0.4) is 0 Å². The Morgan fingerprint density at radius 1 is 1.42 bits per heavy atom. The Hall–Kier alpha value is -2.04. The van der Waals surface area contributed by atoms with E-state index in [1.165, 1.54) is 6.92 Å². The first-order valence-corrected chi connectivity index (χ1v) is 6.40. The summed E-state index contributed by atoms with van der Waals surface area (Å²) in [7, 11) is 0. The van der Waals surface area contributed by atoms with Crippen molar-refractivity contribution in [3.8, 4) is 0 Å². The molecule has 0 bridgehead atoms. The summed E-state index contributed by atoms with van der Waals surface area (Å²) in [4.78, 5) is 25.1. The number of nitrogen functional groups attached to an aromatic ring is 1. The lowest BCUT2D eigenvalue weighted by molar-refractivity contribution is -0.119. The minimum atomic E-state index is -0.0566. The SMILES string of the molecule is CC(=O)NC1CCN(C(=O)c2ccc(C)c(N)c2)C1. The predicted octanol–water partition coefficient (Wildman–Crippen LogP) is 0.928. The number of hydrogen-bond donors (Lipinski definition) is 2. The number of nitrogens with zero attached hydrogens (tertiary/aromatic N) is 1. The highest BCUT2D eigenvalue weighted by Crippen LogP contribution is 2.17. The first-order valence-electron chi connectivity index (χ1n) is 6.40. The summed E-state index contributed by atoms with van der Waals surface area (Å²) in [5.41, 5.74) is 8.02. The number of likely N-dealkylation sites (tertiary alicyclic amines) is 1. The van der Waals surface area contributed by atoms with Gasteiger partial charge in [0, 0.05) is 37.3 Å². The number of nitrogens with one attached hydrogen (secondary N) is 1. The van der Waals surface area contributed by atoms with Gasteiger partial charge in [-0.3, -0.25) is 9.59 Å². The minimum Gasteiger partial charge on any atom is -0.398 e. The van der Waals surface area contributed by atoms with Crippen molar-refractivity contribution in [1.82, 2.24) is 10.2 Å². The topological polar surface area (TPSA) is 75.4 Å². The number of carbonyl (C=O) groups excluding carboxylic acids is 2. The highest BCUT2D eigenvalue weighted by molar-refractivity contribution is 5.95. The molecule has 102 valence electrons. The molecule has 0 aromatic heterocycles. The summed E-state index contributed by atoms with van der Waals surface area (Å²) in [6.45, 7) is 4.63. The monoisotopic (exact) mass is 261 g/mol. The van der Waals surface area contributed by atoms with Crippen LogP contribution in [0, 0.1) is 6.92 Å². The van der Waals surface area contributed by atoms with Crippen LogP contribution in [0.1, 0.15) is 29.3 Å². The number of hydrogen-bond acceptors (Lipinski definition) is 3. The van der Waals surface area contributed by atoms with E-state index in [-0.39, 0.29) is 17.9 Å². The lowest BCUT2D eigenvalue weighted by atomic mass is 10.1. The van der Waals surface area contributed by atoms with Gasteiger partial charge in [-0.25, -0.2) is 0 Å². The first-order chi connectivity index (χ1) is 8.97. The van der Waals surface area contributed by atoms with E-state index in [0.717, 1.165) is 12.0 Å². The van der Waals surface area contributed by atoms with Crippen molar-refractivity contribution in [2.24, 2.45) is 0 Å². The van der Waals surface area contributed by atoms with E-state index >= 15 is 0 Å². The summed E-state index contributed by atoms with van der Waals surface area (Å²) in [5, 5.41) is 2.84. The summed E-state index contributed by atoms with van der Waals surface area (Å²) in [5.74, 6) is -0.0848. The molecule has 1 atom stereocenters. The number of amides is 2. The van der Waals surface area contributed by atoms with Gasteiger partial charge >= 0.3 is 0 Å². The van der Waals surface area contributed by atoms with Crippen molar-refractivity contribution in [2.45, 2.75) is 26.3 Å². The Morgan fingerprint density at radius 3 is 2.79 bits per heavy atom. The van der Waals surface area contributed by atoms with Gasteiger partial charge in [0.25, 0.3) is 5.91 Å². The molecule has 2 amide bonds. The van der Waals surface area contributed by atoms with E-state index in [4.69, 9.17) is 5.73 Å². The fourth-order valence-corrected chi connectivity index (χ4v) is 2.31. The third-order valence-corrected chi connectivity index (χ3v) is 3.41. The molecule has 1 aromatic carbocycles. The number of anilines is 1. The summed E-state index contributed by atoms with van der Waals surface area (Å²) in [6, 6.07) is 5.41. The van der Waals surface area contributed by atoms with Crippen LogP contribution in [0.4, 0.5) is 5.69 Å². The smallest absolute Gasteiger partial charge is 0.254 e. The van der Waals surface area contributed by atoms with Crippen molar-refractivity contribution in [2.75, 3.05) is 18.8 Å². The molecule has 0 aliphatic carbocycles. The van der Waals surface area contributed by atoms with Crippen LogP contribution in [0.25, 0.3) is 0 Å². The normalized spacial score (nSPS) is 18.4. The van der Waals surface area contributed by atoms with Crippen LogP contribution >= 0.6 is 0 Å². The zero-order valence-corrected chi connectivity index (χ0v) is 11.3. The fraction of sp³-hybridized carbons (Fsp3) is 0.429. The molecule has 3 N–H and O–H groups in total. The number of carbonyl (C=O) groups is 2. The molecule has 19 heavy (non-hydrogen) atoms. The van der Waals surface area contributed by atoms with Gasteiger partial charge in [-0.15, -0.1) is 0 Å². The summed E-state index contributed by atoms with van der Waals surface area (Å²) < 4.78 is 0. The average molecular weight is 261 g/mol. The molecule has 0 radical (unpaired) electrons.